The first-order chi connectivity index (χ1) is 20.8. The molecule has 4 heterocycles. The predicted molar refractivity (Wildman–Crippen MR) is 177 cm³/mol. The number of aromatic nitrogens is 3. The Bertz CT molecular complexity index is 2450. The van der Waals surface area contributed by atoms with Crippen LogP contribution >= 0.6 is 11.3 Å². The molecule has 0 aliphatic rings. The normalized spacial score (nSPS) is 11.8. The Labute approximate surface area is 246 Å². The lowest BCUT2D eigenvalue weighted by molar-refractivity contribution is 1.19. The van der Waals surface area contributed by atoms with Crippen LogP contribution in [0.1, 0.15) is 0 Å². The minimum Gasteiger partial charge on any atom is -0.306 e. The van der Waals surface area contributed by atoms with Gasteiger partial charge in [0.2, 0.25) is 0 Å². The van der Waals surface area contributed by atoms with Gasteiger partial charge in [-0.05, 0) is 35.4 Å². The molecule has 0 aliphatic carbocycles. The van der Waals surface area contributed by atoms with Crippen molar-refractivity contribution in [2.45, 2.75) is 0 Å². The first kappa shape index (κ1) is 23.4. The maximum atomic E-state index is 5.20. The summed E-state index contributed by atoms with van der Waals surface area (Å²) in [7, 11) is 0. The maximum Gasteiger partial charge on any atom is 0.137 e. The van der Waals surface area contributed by atoms with Crippen LogP contribution in [0.4, 0.5) is 0 Å². The number of pyridine rings is 2. The molecule has 0 spiro atoms. The third kappa shape index (κ3) is 3.59. The summed E-state index contributed by atoms with van der Waals surface area (Å²) in [5.41, 5.74) is 8.50. The third-order valence-electron chi connectivity index (χ3n) is 8.22. The Morgan fingerprint density at radius 2 is 1.19 bits per heavy atom. The molecule has 9 rings (SSSR count). The number of para-hydroxylation sites is 1. The monoisotopic (exact) mass is 553 g/mol. The fourth-order valence-electron chi connectivity index (χ4n) is 6.17. The summed E-state index contributed by atoms with van der Waals surface area (Å²) >= 11 is 1.88. The molecule has 9 aromatic rings. The van der Waals surface area contributed by atoms with E-state index in [1.807, 2.05) is 29.5 Å². The van der Waals surface area contributed by atoms with Crippen LogP contribution in [0, 0.1) is 0 Å². The van der Waals surface area contributed by atoms with E-state index in [-0.39, 0.29) is 0 Å². The van der Waals surface area contributed by atoms with Gasteiger partial charge in [0.15, 0.2) is 0 Å². The number of nitrogens with zero attached hydrogens (tertiary/aromatic N) is 3. The summed E-state index contributed by atoms with van der Waals surface area (Å²) in [4.78, 5) is 10.0. The number of thiophene rings is 1. The standard InChI is InChI=1S/C38H23N3S/c1-2-8-25(9-3-1)33-23-41-22-27(18-21-35(41)39-33)24-14-16-26(17-15-24)37-31-20-19-29-28-10-5-7-13-34(28)42-38(29)36(31)30-11-4-6-12-32(30)40-37/h1-23H. The van der Waals surface area contributed by atoms with Crippen LogP contribution in [0.3, 0.4) is 0 Å². The summed E-state index contributed by atoms with van der Waals surface area (Å²) in [6.45, 7) is 0. The molecule has 0 N–H and O–H groups in total. The highest BCUT2D eigenvalue weighted by Crippen LogP contribution is 2.43. The first-order valence-electron chi connectivity index (χ1n) is 14.1. The second-order valence-electron chi connectivity index (χ2n) is 10.7. The van der Waals surface area contributed by atoms with E-state index in [1.165, 1.54) is 36.3 Å². The first-order valence-corrected chi connectivity index (χ1v) is 14.9. The van der Waals surface area contributed by atoms with Gasteiger partial charge in [-0.25, -0.2) is 9.97 Å². The average Bonchev–Trinajstić information content (AvgIpc) is 3.66. The van der Waals surface area contributed by atoms with E-state index in [0.29, 0.717) is 0 Å². The molecule has 0 radical (unpaired) electrons. The second kappa shape index (κ2) is 9.10. The average molecular weight is 554 g/mol. The number of benzene rings is 5. The Kier molecular flexibility index (Phi) is 5.07. The second-order valence-corrected chi connectivity index (χ2v) is 11.7. The molecule has 4 aromatic heterocycles. The van der Waals surface area contributed by atoms with Crippen molar-refractivity contribution in [3.63, 3.8) is 0 Å². The number of hydrogen-bond acceptors (Lipinski definition) is 3. The van der Waals surface area contributed by atoms with Crippen LogP contribution in [0.25, 0.3) is 81.1 Å². The van der Waals surface area contributed by atoms with Crippen molar-refractivity contribution in [1.82, 2.24) is 14.4 Å². The quantitative estimate of drug-likeness (QED) is 0.204. The molecule has 0 amide bonds. The van der Waals surface area contributed by atoms with Gasteiger partial charge in [-0.15, -0.1) is 11.3 Å². The molecule has 5 aromatic carbocycles. The van der Waals surface area contributed by atoms with Crippen LogP contribution < -0.4 is 0 Å². The van der Waals surface area contributed by atoms with Gasteiger partial charge in [0.1, 0.15) is 5.65 Å². The van der Waals surface area contributed by atoms with Gasteiger partial charge in [0.05, 0.1) is 16.9 Å². The van der Waals surface area contributed by atoms with Crippen molar-refractivity contribution >= 4 is 58.8 Å². The molecule has 0 fully saturated rings. The van der Waals surface area contributed by atoms with Gasteiger partial charge in [-0.3, -0.25) is 0 Å². The van der Waals surface area contributed by atoms with Crippen molar-refractivity contribution in [1.29, 1.82) is 0 Å². The summed E-state index contributed by atoms with van der Waals surface area (Å²) in [5, 5.41) is 6.31. The highest BCUT2D eigenvalue weighted by atomic mass is 32.1. The molecule has 4 heteroatoms. The summed E-state index contributed by atoms with van der Waals surface area (Å²) in [6, 6.07) is 45.1. The van der Waals surface area contributed by atoms with Crippen LogP contribution in [0.15, 0.2) is 140 Å². The minimum absolute atomic E-state index is 0.939. The van der Waals surface area contributed by atoms with Gasteiger partial charge in [0, 0.05) is 59.9 Å². The number of fused-ring (bicyclic) bond motifs is 8. The van der Waals surface area contributed by atoms with E-state index in [2.05, 4.69) is 126 Å². The molecular formula is C38H23N3S. The van der Waals surface area contributed by atoms with Crippen molar-refractivity contribution in [3.05, 3.63) is 140 Å². The van der Waals surface area contributed by atoms with Gasteiger partial charge in [-0.1, -0.05) is 103 Å². The van der Waals surface area contributed by atoms with Crippen LogP contribution in [-0.4, -0.2) is 14.4 Å². The lowest BCUT2D eigenvalue weighted by Crippen LogP contribution is -1.90. The largest absolute Gasteiger partial charge is 0.306 e. The summed E-state index contributed by atoms with van der Waals surface area (Å²) in [5.74, 6) is 0. The van der Waals surface area contributed by atoms with Crippen molar-refractivity contribution in [3.8, 4) is 33.6 Å². The van der Waals surface area contributed by atoms with Gasteiger partial charge >= 0.3 is 0 Å². The molecule has 0 saturated heterocycles. The smallest absolute Gasteiger partial charge is 0.137 e. The Morgan fingerprint density at radius 3 is 2.07 bits per heavy atom. The maximum absolute atomic E-state index is 5.20. The molecule has 3 nitrogen and oxygen atoms in total. The summed E-state index contributed by atoms with van der Waals surface area (Å²) in [6.07, 6.45) is 4.26. The zero-order valence-electron chi connectivity index (χ0n) is 22.5. The van der Waals surface area contributed by atoms with Crippen molar-refractivity contribution in [2.75, 3.05) is 0 Å². The van der Waals surface area contributed by atoms with E-state index in [0.717, 1.165) is 44.8 Å². The van der Waals surface area contributed by atoms with E-state index in [9.17, 15) is 0 Å². The molecule has 0 unspecified atom stereocenters. The van der Waals surface area contributed by atoms with E-state index >= 15 is 0 Å². The van der Waals surface area contributed by atoms with Crippen molar-refractivity contribution < 1.29 is 0 Å². The van der Waals surface area contributed by atoms with Crippen LogP contribution in [0.5, 0.6) is 0 Å². The van der Waals surface area contributed by atoms with Gasteiger partial charge in [0.25, 0.3) is 0 Å². The molecule has 0 saturated carbocycles. The fourth-order valence-corrected chi connectivity index (χ4v) is 7.43. The molecule has 0 bridgehead atoms. The lowest BCUT2D eigenvalue weighted by atomic mass is 9.97. The van der Waals surface area contributed by atoms with Gasteiger partial charge < -0.3 is 4.40 Å². The Morgan fingerprint density at radius 1 is 0.476 bits per heavy atom. The zero-order valence-corrected chi connectivity index (χ0v) is 23.3. The third-order valence-corrected chi connectivity index (χ3v) is 9.42. The number of imidazole rings is 1. The molecule has 196 valence electrons. The SMILES string of the molecule is c1ccc(-c2cn3cc(-c4ccc(-c5nc6ccccc6c6c5ccc5c7ccccc7sc56)cc4)ccc3n2)cc1. The van der Waals surface area contributed by atoms with E-state index < -0.39 is 0 Å². The Hall–Kier alpha value is -5.32. The predicted octanol–water partition coefficient (Wildman–Crippen LogP) is 10.4. The zero-order chi connectivity index (χ0) is 27.6. The van der Waals surface area contributed by atoms with Gasteiger partial charge in [-0.2, -0.15) is 0 Å². The molecular weight excluding hydrogens is 531 g/mol. The Balaban J connectivity index is 1.18. The van der Waals surface area contributed by atoms with E-state index in [1.54, 1.807) is 0 Å². The number of rotatable bonds is 3. The van der Waals surface area contributed by atoms with Crippen molar-refractivity contribution in [2.24, 2.45) is 0 Å². The summed E-state index contributed by atoms with van der Waals surface area (Å²) < 4.78 is 4.76. The van der Waals surface area contributed by atoms with Crippen LogP contribution in [0.2, 0.25) is 0 Å². The molecule has 42 heavy (non-hydrogen) atoms. The molecule has 0 aliphatic heterocycles. The topological polar surface area (TPSA) is 30.2 Å². The highest BCUT2D eigenvalue weighted by molar-refractivity contribution is 7.26. The van der Waals surface area contributed by atoms with Crippen LogP contribution in [-0.2, 0) is 0 Å². The minimum atomic E-state index is 0.939. The van der Waals surface area contributed by atoms with E-state index in [4.69, 9.17) is 9.97 Å². The lowest BCUT2D eigenvalue weighted by Gasteiger charge is -2.12. The fraction of sp³-hybridized carbons (Fsp3) is 0. The molecule has 0 atom stereocenters. The highest BCUT2D eigenvalue weighted by Gasteiger charge is 2.16. The number of hydrogen-bond donors (Lipinski definition) is 0.